The Morgan fingerprint density at radius 1 is 0.844 bits per heavy atom. The minimum absolute atomic E-state index is 0.0803. The Bertz CT molecular complexity index is 872. The van der Waals surface area contributed by atoms with Crippen molar-refractivity contribution in [3.05, 3.63) is 42.0 Å². The van der Waals surface area contributed by atoms with Crippen molar-refractivity contribution in [2.45, 2.75) is 0 Å². The molecule has 4 rings (SSSR count). The monoisotopic (exact) mass is 439 g/mol. The molecule has 0 unspecified atom stereocenters. The van der Waals surface area contributed by atoms with Crippen LogP contribution in [0.5, 0.6) is 0 Å². The second-order valence-electron chi connectivity index (χ2n) is 8.52. The summed E-state index contributed by atoms with van der Waals surface area (Å²) in [6.45, 7) is 7.41. The Morgan fingerprint density at radius 2 is 1.38 bits per heavy atom. The quantitative estimate of drug-likeness (QED) is 0.702. The highest BCUT2D eigenvalue weighted by Crippen LogP contribution is 2.19. The summed E-state index contributed by atoms with van der Waals surface area (Å²) in [7, 11) is 3.98. The van der Waals surface area contributed by atoms with E-state index >= 15 is 0 Å². The van der Waals surface area contributed by atoms with Crippen LogP contribution in [0.1, 0.15) is 10.4 Å². The van der Waals surface area contributed by atoms with Crippen LogP contribution in [0.4, 0.5) is 17.3 Å². The number of β-amino-alcohol motifs (C(OH)–C–C–N with tert-alkyl or cyclic N) is 1. The Balaban J connectivity index is 1.29. The fraction of sp³-hybridized carbons (Fsp3) is 0.522. The largest absolute Gasteiger partial charge is 0.395 e. The van der Waals surface area contributed by atoms with Crippen LogP contribution in [0.3, 0.4) is 0 Å². The molecule has 2 aliphatic heterocycles. The molecule has 9 nitrogen and oxygen atoms in total. The van der Waals surface area contributed by atoms with Crippen molar-refractivity contribution in [1.82, 2.24) is 20.0 Å². The number of piperazine rings is 2. The van der Waals surface area contributed by atoms with Crippen molar-refractivity contribution < 1.29 is 9.90 Å². The van der Waals surface area contributed by atoms with Gasteiger partial charge in [0.2, 0.25) is 0 Å². The highest BCUT2D eigenvalue weighted by molar-refractivity contribution is 5.94. The van der Waals surface area contributed by atoms with Gasteiger partial charge in [-0.2, -0.15) is 0 Å². The van der Waals surface area contributed by atoms with Crippen LogP contribution in [0.25, 0.3) is 0 Å². The van der Waals surface area contributed by atoms with Crippen LogP contribution in [-0.2, 0) is 0 Å². The average molecular weight is 440 g/mol. The molecule has 1 amide bonds. The molecule has 9 heteroatoms. The Labute approximate surface area is 189 Å². The molecule has 0 radical (unpaired) electrons. The number of carbonyl (C=O) groups excluding carboxylic acids is 1. The summed E-state index contributed by atoms with van der Waals surface area (Å²) in [4.78, 5) is 23.5. The van der Waals surface area contributed by atoms with Gasteiger partial charge in [-0.15, -0.1) is 10.2 Å². The Morgan fingerprint density at radius 3 is 1.84 bits per heavy atom. The first-order valence-electron chi connectivity index (χ1n) is 11.3. The molecule has 1 aromatic heterocycles. The molecule has 0 spiro atoms. The van der Waals surface area contributed by atoms with Gasteiger partial charge < -0.3 is 24.7 Å². The number of hydrogen-bond donors (Lipinski definition) is 1. The normalized spacial score (nSPS) is 17.5. The number of aliphatic hydroxyl groups excluding tert-OH is 1. The average Bonchev–Trinajstić information content (AvgIpc) is 2.84. The summed E-state index contributed by atoms with van der Waals surface area (Å²) in [6, 6.07) is 11.8. The van der Waals surface area contributed by atoms with Crippen molar-refractivity contribution >= 4 is 23.2 Å². The third-order valence-electron chi connectivity index (χ3n) is 6.27. The van der Waals surface area contributed by atoms with Gasteiger partial charge >= 0.3 is 0 Å². The zero-order chi connectivity index (χ0) is 22.5. The van der Waals surface area contributed by atoms with Gasteiger partial charge in [0, 0.05) is 84.2 Å². The zero-order valence-corrected chi connectivity index (χ0v) is 19.0. The van der Waals surface area contributed by atoms with Gasteiger partial charge in [0.1, 0.15) is 0 Å². The lowest BCUT2D eigenvalue weighted by atomic mass is 10.1. The van der Waals surface area contributed by atoms with Crippen molar-refractivity contribution in [3.63, 3.8) is 0 Å². The maximum atomic E-state index is 12.9. The fourth-order valence-corrected chi connectivity index (χ4v) is 4.22. The van der Waals surface area contributed by atoms with Crippen LogP contribution in [0, 0.1) is 0 Å². The number of rotatable bonds is 6. The lowest BCUT2D eigenvalue weighted by Crippen LogP contribution is -2.49. The molecule has 172 valence electrons. The number of carbonyl (C=O) groups is 1. The van der Waals surface area contributed by atoms with Crippen LogP contribution in [0.2, 0.25) is 0 Å². The number of amides is 1. The summed E-state index contributed by atoms with van der Waals surface area (Å²) in [6.07, 6.45) is 0. The first-order valence-corrected chi connectivity index (χ1v) is 11.3. The first kappa shape index (κ1) is 22.3. The predicted molar refractivity (Wildman–Crippen MR) is 127 cm³/mol. The molecule has 0 saturated carbocycles. The molecule has 1 aromatic carbocycles. The molecule has 32 heavy (non-hydrogen) atoms. The number of benzene rings is 1. The molecule has 0 bridgehead atoms. The smallest absolute Gasteiger partial charge is 0.253 e. The lowest BCUT2D eigenvalue weighted by molar-refractivity contribution is 0.0746. The van der Waals surface area contributed by atoms with Crippen molar-refractivity contribution in [1.29, 1.82) is 0 Å². The first-order chi connectivity index (χ1) is 15.5. The van der Waals surface area contributed by atoms with Gasteiger partial charge in [0.25, 0.3) is 5.91 Å². The Kier molecular flexibility index (Phi) is 7.06. The van der Waals surface area contributed by atoms with Gasteiger partial charge in [0.05, 0.1) is 6.61 Å². The third kappa shape index (κ3) is 5.11. The standard InChI is InChI=1S/C23H33N7O2/c1-26(2)20-5-3-19(4-6-20)23(32)30-15-13-29(14-16-30)22-8-7-21(24-25-22)28-11-9-27(10-12-28)17-18-31/h3-8,31H,9-18H2,1-2H3. The molecule has 2 aliphatic rings. The minimum Gasteiger partial charge on any atom is -0.395 e. The SMILES string of the molecule is CN(C)c1ccc(C(=O)N2CCN(c3ccc(N4CCN(CCO)CC4)nn3)CC2)cc1. The second-order valence-corrected chi connectivity index (χ2v) is 8.52. The number of aliphatic hydroxyl groups is 1. The molecule has 2 aromatic rings. The highest BCUT2D eigenvalue weighted by Gasteiger charge is 2.24. The summed E-state index contributed by atoms with van der Waals surface area (Å²) in [5, 5.41) is 18.0. The van der Waals surface area contributed by atoms with Crippen LogP contribution >= 0.6 is 0 Å². The van der Waals surface area contributed by atoms with Crippen LogP contribution < -0.4 is 14.7 Å². The summed E-state index contributed by atoms with van der Waals surface area (Å²) < 4.78 is 0. The van der Waals surface area contributed by atoms with Gasteiger partial charge in [-0.05, 0) is 36.4 Å². The lowest BCUT2D eigenvalue weighted by Gasteiger charge is -2.36. The van der Waals surface area contributed by atoms with Gasteiger partial charge in [-0.25, -0.2) is 0 Å². The summed E-state index contributed by atoms with van der Waals surface area (Å²) >= 11 is 0. The molecular formula is C23H33N7O2. The third-order valence-corrected chi connectivity index (χ3v) is 6.27. The fourth-order valence-electron chi connectivity index (χ4n) is 4.22. The maximum Gasteiger partial charge on any atom is 0.253 e. The van der Waals surface area contributed by atoms with E-state index in [0.29, 0.717) is 13.1 Å². The van der Waals surface area contributed by atoms with E-state index in [4.69, 9.17) is 5.11 Å². The number of hydrogen-bond acceptors (Lipinski definition) is 8. The molecule has 2 saturated heterocycles. The van der Waals surface area contributed by atoms with E-state index in [1.54, 1.807) is 0 Å². The number of aromatic nitrogens is 2. The van der Waals surface area contributed by atoms with E-state index < -0.39 is 0 Å². The number of nitrogens with zero attached hydrogens (tertiary/aromatic N) is 7. The van der Waals surface area contributed by atoms with Crippen molar-refractivity contribution in [2.75, 3.05) is 94.3 Å². The highest BCUT2D eigenvalue weighted by atomic mass is 16.3. The minimum atomic E-state index is 0.0803. The summed E-state index contributed by atoms with van der Waals surface area (Å²) in [5.74, 6) is 1.83. The van der Waals surface area contributed by atoms with E-state index in [0.717, 1.165) is 68.7 Å². The molecule has 0 aliphatic carbocycles. The van der Waals surface area contributed by atoms with E-state index in [1.165, 1.54) is 0 Å². The topological polar surface area (TPSA) is 79.3 Å². The maximum absolute atomic E-state index is 12.9. The summed E-state index contributed by atoms with van der Waals surface area (Å²) in [5.41, 5.74) is 1.81. The predicted octanol–water partition coefficient (Wildman–Crippen LogP) is 0.619. The number of anilines is 3. The molecule has 1 N–H and O–H groups in total. The second kappa shape index (κ2) is 10.1. The van der Waals surface area contributed by atoms with Crippen molar-refractivity contribution in [3.8, 4) is 0 Å². The van der Waals surface area contributed by atoms with Crippen molar-refractivity contribution in [2.24, 2.45) is 0 Å². The van der Waals surface area contributed by atoms with Crippen LogP contribution in [0.15, 0.2) is 36.4 Å². The van der Waals surface area contributed by atoms with E-state index in [-0.39, 0.29) is 12.5 Å². The van der Waals surface area contributed by atoms with E-state index in [1.807, 2.05) is 60.3 Å². The molecule has 2 fully saturated rings. The molecule has 3 heterocycles. The van der Waals surface area contributed by atoms with E-state index in [2.05, 4.69) is 24.9 Å². The zero-order valence-electron chi connectivity index (χ0n) is 19.0. The molecular weight excluding hydrogens is 406 g/mol. The Hall–Kier alpha value is -2.91. The van der Waals surface area contributed by atoms with Gasteiger partial charge in [-0.1, -0.05) is 0 Å². The van der Waals surface area contributed by atoms with E-state index in [9.17, 15) is 4.79 Å². The van der Waals surface area contributed by atoms with Gasteiger partial charge in [-0.3, -0.25) is 9.69 Å². The van der Waals surface area contributed by atoms with Gasteiger partial charge in [0.15, 0.2) is 11.6 Å². The van der Waals surface area contributed by atoms with Crippen LogP contribution in [-0.4, -0.2) is 111 Å². The molecule has 0 atom stereocenters.